The number of fused-ring (bicyclic) bond motifs is 4. The Labute approximate surface area is 244 Å². The van der Waals surface area contributed by atoms with E-state index in [1.807, 2.05) is 6.08 Å². The van der Waals surface area contributed by atoms with Gasteiger partial charge in [-0.2, -0.15) is 0 Å². The number of hydrogen-bond donors (Lipinski definition) is 1. The number of alkyl halides is 2. The van der Waals surface area contributed by atoms with Gasteiger partial charge in [-0.25, -0.2) is 4.90 Å². The number of nitro groups is 1. The van der Waals surface area contributed by atoms with Gasteiger partial charge >= 0.3 is 0 Å². The second-order valence-electron chi connectivity index (χ2n) is 11.3. The molecule has 6 atom stereocenters. The van der Waals surface area contributed by atoms with Crippen LogP contribution in [0, 0.1) is 41.7 Å². The highest BCUT2D eigenvalue weighted by molar-refractivity contribution is 6.53. The molecule has 0 spiro atoms. The number of benzene rings is 2. The SMILES string of the molecule is Cc1cc([C@H]2C3=CC[C@@H]4C(=O)N(c5cccc([N+](=O)[O-])c5)C(=O)[C@@H]4[C@@H]3C[C@@]3(Cl)C(=O)N(C)C(=O)[C@@]23Cl)cc(C)c1O. The zero-order valence-corrected chi connectivity index (χ0v) is 23.8. The lowest BCUT2D eigenvalue weighted by atomic mass is 9.56. The Morgan fingerprint density at radius 3 is 2.29 bits per heavy atom. The molecule has 6 rings (SSSR count). The fourth-order valence-electron chi connectivity index (χ4n) is 7.27. The minimum absolute atomic E-state index is 0.0784. The number of allylic oxidation sites excluding steroid dienone is 2. The first kappa shape index (κ1) is 27.4. The van der Waals surface area contributed by atoms with Crippen molar-refractivity contribution in [3.8, 4) is 5.75 Å². The van der Waals surface area contributed by atoms with Gasteiger partial charge in [-0.1, -0.05) is 29.8 Å². The van der Waals surface area contributed by atoms with Gasteiger partial charge in [0.05, 0.1) is 22.4 Å². The molecule has 2 aromatic rings. The quantitative estimate of drug-likeness (QED) is 0.185. The zero-order chi connectivity index (χ0) is 29.8. The molecule has 41 heavy (non-hydrogen) atoms. The molecule has 1 N–H and O–H groups in total. The predicted octanol–water partition coefficient (Wildman–Crippen LogP) is 4.11. The van der Waals surface area contributed by atoms with Crippen molar-refractivity contribution >= 4 is 58.2 Å². The molecule has 0 radical (unpaired) electrons. The largest absolute Gasteiger partial charge is 0.507 e. The van der Waals surface area contributed by atoms with Crippen LogP contribution in [0.5, 0.6) is 5.75 Å². The highest BCUT2D eigenvalue weighted by Crippen LogP contribution is 2.65. The smallest absolute Gasteiger partial charge is 0.271 e. The summed E-state index contributed by atoms with van der Waals surface area (Å²) in [5, 5.41) is 21.8. The van der Waals surface area contributed by atoms with E-state index in [1.165, 1.54) is 31.3 Å². The van der Waals surface area contributed by atoms with E-state index in [4.69, 9.17) is 23.2 Å². The summed E-state index contributed by atoms with van der Waals surface area (Å²) in [6, 6.07) is 8.69. The van der Waals surface area contributed by atoms with Crippen LogP contribution in [0.15, 0.2) is 48.0 Å². The maximum Gasteiger partial charge on any atom is 0.271 e. The average Bonchev–Trinajstić information content (AvgIpc) is 3.26. The third-order valence-electron chi connectivity index (χ3n) is 9.16. The van der Waals surface area contributed by atoms with Gasteiger partial charge in [0.1, 0.15) is 5.75 Å². The van der Waals surface area contributed by atoms with Crippen molar-refractivity contribution in [1.82, 2.24) is 4.90 Å². The van der Waals surface area contributed by atoms with E-state index >= 15 is 0 Å². The third-order valence-corrected chi connectivity index (χ3v) is 10.6. The molecule has 3 fully saturated rings. The number of carbonyl (C=O) groups excluding carboxylic acids is 4. The molecule has 10 nitrogen and oxygen atoms in total. The molecular formula is C29H25Cl2N3O7. The Kier molecular flexibility index (Phi) is 5.93. The van der Waals surface area contributed by atoms with Crippen LogP contribution < -0.4 is 4.90 Å². The van der Waals surface area contributed by atoms with Crippen molar-refractivity contribution in [2.75, 3.05) is 11.9 Å². The van der Waals surface area contributed by atoms with Crippen molar-refractivity contribution in [3.63, 3.8) is 0 Å². The van der Waals surface area contributed by atoms with Gasteiger partial charge in [0.2, 0.25) is 11.8 Å². The van der Waals surface area contributed by atoms with Crippen LogP contribution >= 0.6 is 23.2 Å². The van der Waals surface area contributed by atoms with Gasteiger partial charge < -0.3 is 5.11 Å². The van der Waals surface area contributed by atoms with E-state index in [0.29, 0.717) is 22.3 Å². The van der Waals surface area contributed by atoms with Crippen LogP contribution in [0.2, 0.25) is 0 Å². The number of aromatic hydroxyl groups is 1. The lowest BCUT2D eigenvalue weighted by Crippen LogP contribution is -2.60. The summed E-state index contributed by atoms with van der Waals surface area (Å²) in [4.78, 5) is 63.6. The standard InChI is InChI=1S/C29H25Cl2N3O7/c1-13-9-15(10-14(2)23(13)35)22-18-7-8-19-21(20(18)12-28(30)26(38)32(3)27(39)29(22,28)31)25(37)33(24(19)36)16-5-4-6-17(11-16)34(40)41/h4-7,9-11,19-22,35H,8,12H2,1-3H3/t19-,20+,21-,22-,28+,29-/m0/s1. The molecular weight excluding hydrogens is 573 g/mol. The third kappa shape index (κ3) is 3.43. The first-order valence-corrected chi connectivity index (χ1v) is 13.8. The Morgan fingerprint density at radius 2 is 1.66 bits per heavy atom. The first-order chi connectivity index (χ1) is 19.2. The molecule has 0 unspecified atom stereocenters. The molecule has 4 amide bonds. The molecule has 2 aromatic carbocycles. The normalized spacial score (nSPS) is 32.6. The molecule has 12 heteroatoms. The van der Waals surface area contributed by atoms with E-state index in [2.05, 4.69) is 0 Å². The summed E-state index contributed by atoms with van der Waals surface area (Å²) in [7, 11) is 1.32. The summed E-state index contributed by atoms with van der Waals surface area (Å²) in [5.41, 5.74) is 2.06. The van der Waals surface area contributed by atoms with E-state index in [-0.39, 0.29) is 30.0 Å². The first-order valence-electron chi connectivity index (χ1n) is 13.1. The minimum atomic E-state index is -1.92. The highest BCUT2D eigenvalue weighted by Gasteiger charge is 2.75. The molecule has 1 saturated carbocycles. The summed E-state index contributed by atoms with van der Waals surface area (Å²) in [6.45, 7) is 3.41. The number of phenols is 1. The summed E-state index contributed by atoms with van der Waals surface area (Å²) in [6.07, 6.45) is 1.82. The molecule has 0 aromatic heterocycles. The number of amides is 4. The van der Waals surface area contributed by atoms with Crippen LogP contribution in [0.25, 0.3) is 0 Å². The van der Waals surface area contributed by atoms with Crippen LogP contribution in [0.3, 0.4) is 0 Å². The summed E-state index contributed by atoms with van der Waals surface area (Å²) >= 11 is 14.3. The number of rotatable bonds is 3. The summed E-state index contributed by atoms with van der Waals surface area (Å²) < 4.78 is 0. The van der Waals surface area contributed by atoms with E-state index in [0.717, 1.165) is 9.80 Å². The highest BCUT2D eigenvalue weighted by atomic mass is 35.5. The zero-order valence-electron chi connectivity index (χ0n) is 22.3. The Morgan fingerprint density at radius 1 is 1.00 bits per heavy atom. The van der Waals surface area contributed by atoms with Crippen molar-refractivity contribution in [1.29, 1.82) is 0 Å². The number of nitro benzene ring substituents is 1. The van der Waals surface area contributed by atoms with Crippen molar-refractivity contribution < 1.29 is 29.2 Å². The lowest BCUT2D eigenvalue weighted by molar-refractivity contribution is -0.384. The van der Waals surface area contributed by atoms with Gasteiger partial charge in [0, 0.05) is 25.1 Å². The molecule has 0 bridgehead atoms. The minimum Gasteiger partial charge on any atom is -0.507 e. The van der Waals surface area contributed by atoms with Gasteiger partial charge in [-0.05, 0) is 55.4 Å². The predicted molar refractivity (Wildman–Crippen MR) is 149 cm³/mol. The van der Waals surface area contributed by atoms with E-state index < -0.39 is 62.0 Å². The molecule has 2 saturated heterocycles. The van der Waals surface area contributed by atoms with Crippen LogP contribution in [-0.4, -0.2) is 55.4 Å². The number of carbonyl (C=O) groups is 4. The number of halogens is 2. The number of anilines is 1. The Hall–Kier alpha value is -3.76. The second-order valence-corrected chi connectivity index (χ2v) is 12.5. The van der Waals surface area contributed by atoms with Gasteiger partial charge in [0.25, 0.3) is 17.5 Å². The maximum atomic E-state index is 14.0. The molecule has 212 valence electrons. The van der Waals surface area contributed by atoms with E-state index in [1.54, 1.807) is 26.0 Å². The number of nitrogens with zero attached hydrogens (tertiary/aromatic N) is 3. The second kappa shape index (κ2) is 8.87. The molecule has 2 heterocycles. The van der Waals surface area contributed by atoms with Gasteiger partial charge in [-0.3, -0.25) is 34.2 Å². The number of non-ortho nitro benzene ring substituents is 1. The Bertz CT molecular complexity index is 1620. The number of likely N-dealkylation sites (tertiary alicyclic amines) is 1. The van der Waals surface area contributed by atoms with Crippen molar-refractivity contribution in [2.24, 2.45) is 17.8 Å². The topological polar surface area (TPSA) is 138 Å². The van der Waals surface area contributed by atoms with Crippen LogP contribution in [0.4, 0.5) is 11.4 Å². The molecule has 2 aliphatic carbocycles. The van der Waals surface area contributed by atoms with Crippen LogP contribution in [0.1, 0.15) is 35.4 Å². The molecule has 2 aliphatic heterocycles. The number of aryl methyl sites for hydroxylation is 2. The Balaban J connectivity index is 1.52. The number of imide groups is 2. The fraction of sp³-hybridized carbons (Fsp3) is 0.379. The van der Waals surface area contributed by atoms with Gasteiger partial charge in [-0.15, -0.1) is 23.2 Å². The fourth-order valence-corrected chi connectivity index (χ4v) is 8.29. The number of hydrogen-bond acceptors (Lipinski definition) is 7. The van der Waals surface area contributed by atoms with Crippen molar-refractivity contribution in [3.05, 3.63) is 74.9 Å². The molecule has 4 aliphatic rings. The van der Waals surface area contributed by atoms with E-state index in [9.17, 15) is 34.4 Å². The monoisotopic (exact) mass is 597 g/mol. The average molecular weight is 598 g/mol. The lowest BCUT2D eigenvalue weighted by Gasteiger charge is -2.51. The van der Waals surface area contributed by atoms with Gasteiger partial charge in [0.15, 0.2) is 9.75 Å². The summed E-state index contributed by atoms with van der Waals surface area (Å²) in [5.74, 6) is -5.69. The number of phenolic OH excluding ortho intramolecular Hbond substituents is 1. The maximum absolute atomic E-state index is 14.0. The van der Waals surface area contributed by atoms with Crippen LogP contribution in [-0.2, 0) is 19.2 Å². The van der Waals surface area contributed by atoms with Crippen molar-refractivity contribution in [2.45, 2.75) is 42.4 Å².